The third kappa shape index (κ3) is 7.41. The number of phenols is 1. The topological polar surface area (TPSA) is 89.4 Å². The molecular weight excluding hydrogens is 461 g/mol. The number of benzene rings is 1. The van der Waals surface area contributed by atoms with Crippen molar-refractivity contribution in [2.75, 3.05) is 64.4 Å². The van der Waals surface area contributed by atoms with Crippen LogP contribution in [0.4, 0.5) is 5.69 Å². The van der Waals surface area contributed by atoms with Crippen LogP contribution in [-0.4, -0.2) is 81.4 Å². The minimum absolute atomic E-state index is 0. The van der Waals surface area contributed by atoms with Crippen LogP contribution >= 0.6 is 24.0 Å². The standard InChI is InChI=1S/C18H29N5O3.HI/c1-3-19-18(21-14-17(25)20-8-13-26-2)23-11-9-22(10-12-23)15-6-4-5-7-16(15)24;/h4-7,24H,3,8-14H2,1-2H3,(H,19,21)(H,20,25);1H. The molecule has 1 aliphatic heterocycles. The van der Waals surface area contributed by atoms with Crippen LogP contribution in [0.2, 0.25) is 0 Å². The lowest BCUT2D eigenvalue weighted by Crippen LogP contribution is -2.52. The molecule has 0 spiro atoms. The Morgan fingerprint density at radius 2 is 1.93 bits per heavy atom. The molecule has 2 rings (SSSR count). The minimum atomic E-state index is -0.120. The molecule has 3 N–H and O–H groups in total. The first-order valence-corrected chi connectivity index (χ1v) is 8.97. The van der Waals surface area contributed by atoms with Gasteiger partial charge in [0, 0.05) is 46.4 Å². The maximum atomic E-state index is 11.8. The van der Waals surface area contributed by atoms with Gasteiger partial charge < -0.3 is 30.3 Å². The average Bonchev–Trinajstić information content (AvgIpc) is 2.66. The van der Waals surface area contributed by atoms with Gasteiger partial charge in [0.15, 0.2) is 5.96 Å². The number of hydrogen-bond acceptors (Lipinski definition) is 5. The Kier molecular flexibility index (Phi) is 10.9. The number of halogens is 1. The van der Waals surface area contributed by atoms with Gasteiger partial charge in [-0.2, -0.15) is 0 Å². The zero-order chi connectivity index (χ0) is 18.8. The van der Waals surface area contributed by atoms with E-state index in [1.165, 1.54) is 0 Å². The van der Waals surface area contributed by atoms with Crippen LogP contribution in [0.25, 0.3) is 0 Å². The number of ether oxygens (including phenoxy) is 1. The number of rotatable bonds is 7. The highest BCUT2D eigenvalue weighted by Crippen LogP contribution is 2.27. The van der Waals surface area contributed by atoms with Crippen molar-refractivity contribution in [1.82, 2.24) is 15.5 Å². The van der Waals surface area contributed by atoms with Crippen molar-refractivity contribution in [3.8, 4) is 5.75 Å². The number of amides is 1. The van der Waals surface area contributed by atoms with Gasteiger partial charge in [0.1, 0.15) is 12.3 Å². The summed E-state index contributed by atoms with van der Waals surface area (Å²) in [5.74, 6) is 0.922. The number of phenolic OH excluding ortho intramolecular Hbond substituents is 1. The van der Waals surface area contributed by atoms with Crippen molar-refractivity contribution in [2.45, 2.75) is 6.92 Å². The fraction of sp³-hybridized carbons (Fsp3) is 0.556. The molecule has 152 valence electrons. The Balaban J connectivity index is 0.00000364. The summed E-state index contributed by atoms with van der Waals surface area (Å²) >= 11 is 0. The van der Waals surface area contributed by atoms with Gasteiger partial charge in [-0.3, -0.25) is 4.79 Å². The lowest BCUT2D eigenvalue weighted by atomic mass is 10.2. The highest BCUT2D eigenvalue weighted by atomic mass is 127. The molecule has 1 aromatic carbocycles. The molecule has 0 aromatic heterocycles. The molecule has 1 aromatic rings. The van der Waals surface area contributed by atoms with Gasteiger partial charge in [-0.1, -0.05) is 12.1 Å². The van der Waals surface area contributed by atoms with E-state index in [9.17, 15) is 9.90 Å². The Morgan fingerprint density at radius 3 is 2.56 bits per heavy atom. The summed E-state index contributed by atoms with van der Waals surface area (Å²) in [6.07, 6.45) is 0. The maximum absolute atomic E-state index is 11.8. The van der Waals surface area contributed by atoms with Gasteiger partial charge in [-0.05, 0) is 19.1 Å². The number of methoxy groups -OCH3 is 1. The molecule has 9 heteroatoms. The van der Waals surface area contributed by atoms with Crippen LogP contribution in [0.3, 0.4) is 0 Å². The van der Waals surface area contributed by atoms with E-state index < -0.39 is 0 Å². The summed E-state index contributed by atoms with van der Waals surface area (Å²) in [5, 5.41) is 16.0. The van der Waals surface area contributed by atoms with Gasteiger partial charge in [0.05, 0.1) is 12.3 Å². The van der Waals surface area contributed by atoms with E-state index >= 15 is 0 Å². The van der Waals surface area contributed by atoms with E-state index in [1.807, 2.05) is 25.1 Å². The molecule has 0 unspecified atom stereocenters. The van der Waals surface area contributed by atoms with Crippen LogP contribution in [0.15, 0.2) is 29.3 Å². The number of para-hydroxylation sites is 2. The Labute approximate surface area is 178 Å². The first kappa shape index (κ1) is 23.3. The van der Waals surface area contributed by atoms with Crippen LogP contribution in [0, 0.1) is 0 Å². The number of carbonyl (C=O) groups excluding carboxylic acids is 1. The largest absolute Gasteiger partial charge is 0.506 e. The number of guanidine groups is 1. The fourth-order valence-corrected chi connectivity index (χ4v) is 2.81. The first-order chi connectivity index (χ1) is 12.7. The van der Waals surface area contributed by atoms with Crippen LogP contribution in [-0.2, 0) is 9.53 Å². The third-order valence-corrected chi connectivity index (χ3v) is 4.14. The predicted octanol–water partition coefficient (Wildman–Crippen LogP) is 0.860. The van der Waals surface area contributed by atoms with Crippen molar-refractivity contribution in [1.29, 1.82) is 0 Å². The van der Waals surface area contributed by atoms with Crippen molar-refractivity contribution >= 4 is 41.5 Å². The van der Waals surface area contributed by atoms with E-state index in [0.717, 1.165) is 44.4 Å². The number of carbonyl (C=O) groups is 1. The normalized spacial score (nSPS) is 14.5. The molecule has 1 saturated heterocycles. The third-order valence-electron chi connectivity index (χ3n) is 4.14. The molecule has 27 heavy (non-hydrogen) atoms. The second kappa shape index (κ2) is 12.6. The molecule has 8 nitrogen and oxygen atoms in total. The molecule has 1 fully saturated rings. The quantitative estimate of drug-likeness (QED) is 0.227. The molecule has 1 amide bonds. The van der Waals surface area contributed by atoms with E-state index in [1.54, 1.807) is 13.2 Å². The molecular formula is C18H30IN5O3. The SMILES string of the molecule is CCNC(=NCC(=O)NCCOC)N1CCN(c2ccccc2O)CC1.I. The minimum Gasteiger partial charge on any atom is -0.506 e. The molecule has 0 atom stereocenters. The lowest BCUT2D eigenvalue weighted by molar-refractivity contribution is -0.119. The molecule has 1 aliphatic rings. The second-order valence-corrected chi connectivity index (χ2v) is 5.98. The van der Waals surface area contributed by atoms with E-state index in [-0.39, 0.29) is 36.4 Å². The van der Waals surface area contributed by atoms with E-state index in [2.05, 4.69) is 25.4 Å². The highest BCUT2D eigenvalue weighted by molar-refractivity contribution is 14.0. The molecule has 0 bridgehead atoms. The van der Waals surface area contributed by atoms with Gasteiger partial charge in [0.2, 0.25) is 5.91 Å². The van der Waals surface area contributed by atoms with Gasteiger partial charge in [-0.25, -0.2) is 4.99 Å². The van der Waals surface area contributed by atoms with Crippen LogP contribution in [0.5, 0.6) is 5.75 Å². The second-order valence-electron chi connectivity index (χ2n) is 5.98. The zero-order valence-electron chi connectivity index (χ0n) is 16.0. The van der Waals surface area contributed by atoms with Crippen molar-refractivity contribution in [2.24, 2.45) is 4.99 Å². The van der Waals surface area contributed by atoms with Crippen LogP contribution in [0.1, 0.15) is 6.92 Å². The Bertz CT molecular complexity index is 606. The number of nitrogens with zero attached hydrogens (tertiary/aromatic N) is 3. The molecule has 1 heterocycles. The van der Waals surface area contributed by atoms with Crippen molar-refractivity contribution < 1.29 is 14.6 Å². The van der Waals surface area contributed by atoms with Gasteiger partial charge >= 0.3 is 0 Å². The summed E-state index contributed by atoms with van der Waals surface area (Å²) in [5.41, 5.74) is 0.853. The van der Waals surface area contributed by atoms with E-state index in [4.69, 9.17) is 4.74 Å². The fourth-order valence-electron chi connectivity index (χ4n) is 2.81. The summed E-state index contributed by atoms with van der Waals surface area (Å²) in [6.45, 7) is 6.91. The summed E-state index contributed by atoms with van der Waals surface area (Å²) < 4.78 is 4.91. The average molecular weight is 491 g/mol. The summed E-state index contributed by atoms with van der Waals surface area (Å²) in [6, 6.07) is 7.38. The number of hydrogen-bond donors (Lipinski definition) is 3. The number of piperazine rings is 1. The summed E-state index contributed by atoms with van der Waals surface area (Å²) in [4.78, 5) is 20.6. The first-order valence-electron chi connectivity index (χ1n) is 8.97. The smallest absolute Gasteiger partial charge is 0.241 e. The predicted molar refractivity (Wildman–Crippen MR) is 118 cm³/mol. The van der Waals surface area contributed by atoms with Gasteiger partial charge in [-0.15, -0.1) is 24.0 Å². The molecule has 0 radical (unpaired) electrons. The number of aliphatic imine (C=N–C) groups is 1. The van der Waals surface area contributed by atoms with E-state index in [0.29, 0.717) is 18.9 Å². The molecule has 0 saturated carbocycles. The Morgan fingerprint density at radius 1 is 1.22 bits per heavy atom. The number of anilines is 1. The Hall–Kier alpha value is -1.75. The number of nitrogens with one attached hydrogen (secondary N) is 2. The lowest BCUT2D eigenvalue weighted by Gasteiger charge is -2.37. The zero-order valence-corrected chi connectivity index (χ0v) is 18.3. The monoisotopic (exact) mass is 491 g/mol. The molecule has 0 aliphatic carbocycles. The summed E-state index contributed by atoms with van der Waals surface area (Å²) in [7, 11) is 1.60. The van der Waals surface area contributed by atoms with Crippen molar-refractivity contribution in [3.05, 3.63) is 24.3 Å². The van der Waals surface area contributed by atoms with Crippen molar-refractivity contribution in [3.63, 3.8) is 0 Å². The van der Waals surface area contributed by atoms with Gasteiger partial charge in [0.25, 0.3) is 0 Å². The number of aromatic hydroxyl groups is 1. The maximum Gasteiger partial charge on any atom is 0.241 e. The van der Waals surface area contributed by atoms with Crippen LogP contribution < -0.4 is 15.5 Å². The highest BCUT2D eigenvalue weighted by Gasteiger charge is 2.21.